The lowest BCUT2D eigenvalue weighted by atomic mass is 9.83. The molecule has 1 heterocycles. The summed E-state index contributed by atoms with van der Waals surface area (Å²) in [5.74, 6) is 2.66. The number of nitrogens with zero attached hydrogens (tertiary/aromatic N) is 1. The van der Waals surface area contributed by atoms with E-state index >= 15 is 0 Å². The number of nitrogens with one attached hydrogen (secondary N) is 1. The molecule has 1 aromatic rings. The summed E-state index contributed by atoms with van der Waals surface area (Å²) in [6.07, 6.45) is 9.49. The second-order valence-corrected chi connectivity index (χ2v) is 5.01. The third-order valence-corrected chi connectivity index (χ3v) is 3.90. The topological polar surface area (TPSA) is 38.1 Å². The molecule has 1 N–H and O–H groups in total. The fraction of sp³-hybridized carbons (Fsp3) is 0.786. The number of rotatable bonds is 5. The van der Waals surface area contributed by atoms with E-state index in [2.05, 4.69) is 24.1 Å². The SMILES string of the molecule is CCc1cnc(CNC2CCCCC2CC)o1. The fourth-order valence-corrected chi connectivity index (χ4v) is 2.78. The van der Waals surface area contributed by atoms with Gasteiger partial charge in [0.05, 0.1) is 12.7 Å². The van der Waals surface area contributed by atoms with Crippen LogP contribution in [-0.4, -0.2) is 11.0 Å². The number of oxazole rings is 1. The Labute approximate surface area is 104 Å². The van der Waals surface area contributed by atoms with Gasteiger partial charge in [0.2, 0.25) is 5.89 Å². The highest BCUT2D eigenvalue weighted by Gasteiger charge is 2.23. The maximum atomic E-state index is 5.62. The molecule has 1 fully saturated rings. The molecule has 0 radical (unpaired) electrons. The molecule has 2 rings (SSSR count). The average Bonchev–Trinajstić information content (AvgIpc) is 2.84. The highest BCUT2D eigenvalue weighted by atomic mass is 16.4. The molecule has 3 heteroatoms. The van der Waals surface area contributed by atoms with Gasteiger partial charge in [-0.25, -0.2) is 4.98 Å². The maximum absolute atomic E-state index is 5.62. The first-order valence-electron chi connectivity index (χ1n) is 7.00. The van der Waals surface area contributed by atoms with Crippen molar-refractivity contribution in [3.8, 4) is 0 Å². The van der Waals surface area contributed by atoms with Crippen molar-refractivity contribution >= 4 is 0 Å². The number of aromatic nitrogens is 1. The van der Waals surface area contributed by atoms with Gasteiger partial charge in [-0.2, -0.15) is 0 Å². The van der Waals surface area contributed by atoms with Crippen LogP contribution in [0.15, 0.2) is 10.6 Å². The molecule has 0 bridgehead atoms. The first-order chi connectivity index (χ1) is 8.33. The van der Waals surface area contributed by atoms with Crippen LogP contribution in [0.25, 0.3) is 0 Å². The van der Waals surface area contributed by atoms with Crippen LogP contribution in [0, 0.1) is 5.92 Å². The van der Waals surface area contributed by atoms with E-state index in [1.807, 2.05) is 6.20 Å². The maximum Gasteiger partial charge on any atom is 0.208 e. The van der Waals surface area contributed by atoms with Gasteiger partial charge in [0.15, 0.2) is 0 Å². The van der Waals surface area contributed by atoms with Crippen LogP contribution in [0.5, 0.6) is 0 Å². The first-order valence-corrected chi connectivity index (χ1v) is 7.00. The summed E-state index contributed by atoms with van der Waals surface area (Å²) in [4.78, 5) is 4.29. The van der Waals surface area contributed by atoms with E-state index in [0.717, 1.165) is 30.5 Å². The van der Waals surface area contributed by atoms with Gasteiger partial charge in [-0.15, -0.1) is 0 Å². The van der Waals surface area contributed by atoms with Crippen molar-refractivity contribution in [2.75, 3.05) is 0 Å². The lowest BCUT2D eigenvalue weighted by Crippen LogP contribution is -2.37. The second kappa shape index (κ2) is 6.20. The first kappa shape index (κ1) is 12.6. The quantitative estimate of drug-likeness (QED) is 0.852. The van der Waals surface area contributed by atoms with Crippen molar-refractivity contribution in [2.45, 2.75) is 65.0 Å². The Hall–Kier alpha value is -0.830. The minimum absolute atomic E-state index is 0.658. The van der Waals surface area contributed by atoms with Crippen molar-refractivity contribution < 1.29 is 4.42 Å². The number of hydrogen-bond donors (Lipinski definition) is 1. The Balaban J connectivity index is 1.83. The van der Waals surface area contributed by atoms with E-state index in [-0.39, 0.29) is 0 Å². The Morgan fingerprint density at radius 3 is 2.88 bits per heavy atom. The van der Waals surface area contributed by atoms with Crippen LogP contribution in [0.4, 0.5) is 0 Å². The summed E-state index contributed by atoms with van der Waals surface area (Å²) in [7, 11) is 0. The molecule has 2 unspecified atom stereocenters. The Bertz CT molecular complexity index is 335. The smallest absolute Gasteiger partial charge is 0.208 e. The predicted octanol–water partition coefficient (Wildman–Crippen LogP) is 3.30. The fourth-order valence-electron chi connectivity index (χ4n) is 2.78. The summed E-state index contributed by atoms with van der Waals surface area (Å²) >= 11 is 0. The van der Waals surface area contributed by atoms with E-state index in [0.29, 0.717) is 6.04 Å². The van der Waals surface area contributed by atoms with Crippen molar-refractivity contribution in [2.24, 2.45) is 5.92 Å². The van der Waals surface area contributed by atoms with Gasteiger partial charge >= 0.3 is 0 Å². The summed E-state index contributed by atoms with van der Waals surface area (Å²) in [5.41, 5.74) is 0. The third-order valence-electron chi connectivity index (χ3n) is 3.90. The van der Waals surface area contributed by atoms with Crippen LogP contribution in [0.2, 0.25) is 0 Å². The molecular weight excluding hydrogens is 212 g/mol. The van der Waals surface area contributed by atoms with E-state index < -0.39 is 0 Å². The summed E-state index contributed by atoms with van der Waals surface area (Å²) in [5, 5.41) is 3.62. The molecule has 3 nitrogen and oxygen atoms in total. The standard InChI is InChI=1S/C14H24N2O/c1-3-11-7-5-6-8-13(11)15-10-14-16-9-12(4-2)17-14/h9,11,13,15H,3-8,10H2,1-2H3. The van der Waals surface area contributed by atoms with Crippen LogP contribution in [-0.2, 0) is 13.0 Å². The normalized spacial score (nSPS) is 25.1. The Morgan fingerprint density at radius 1 is 1.35 bits per heavy atom. The molecule has 0 amide bonds. The molecule has 0 spiro atoms. The zero-order chi connectivity index (χ0) is 12.1. The largest absolute Gasteiger partial charge is 0.444 e. The molecule has 0 saturated heterocycles. The molecule has 96 valence electrons. The highest BCUT2D eigenvalue weighted by molar-refractivity contribution is 4.94. The van der Waals surface area contributed by atoms with Gasteiger partial charge in [-0.05, 0) is 18.8 Å². The van der Waals surface area contributed by atoms with Crippen LogP contribution in [0.1, 0.15) is 57.6 Å². The van der Waals surface area contributed by atoms with Gasteiger partial charge in [0.1, 0.15) is 5.76 Å². The average molecular weight is 236 g/mol. The lowest BCUT2D eigenvalue weighted by molar-refractivity contribution is 0.247. The van der Waals surface area contributed by atoms with Gasteiger partial charge in [-0.3, -0.25) is 0 Å². The van der Waals surface area contributed by atoms with Gasteiger partial charge in [0.25, 0.3) is 0 Å². The Morgan fingerprint density at radius 2 is 2.18 bits per heavy atom. The molecule has 1 saturated carbocycles. The molecule has 1 aliphatic rings. The molecular formula is C14H24N2O. The van der Waals surface area contributed by atoms with Gasteiger partial charge < -0.3 is 9.73 Å². The monoisotopic (exact) mass is 236 g/mol. The number of hydrogen-bond acceptors (Lipinski definition) is 3. The van der Waals surface area contributed by atoms with E-state index in [1.165, 1.54) is 32.1 Å². The zero-order valence-electron chi connectivity index (χ0n) is 11.0. The van der Waals surface area contributed by atoms with Crippen molar-refractivity contribution in [3.05, 3.63) is 17.8 Å². The van der Waals surface area contributed by atoms with Gasteiger partial charge in [-0.1, -0.05) is 33.1 Å². The minimum atomic E-state index is 0.658. The number of aryl methyl sites for hydroxylation is 1. The molecule has 1 aromatic heterocycles. The van der Waals surface area contributed by atoms with Crippen molar-refractivity contribution in [1.29, 1.82) is 0 Å². The molecule has 2 atom stereocenters. The molecule has 0 aliphatic heterocycles. The second-order valence-electron chi connectivity index (χ2n) is 5.01. The van der Waals surface area contributed by atoms with Crippen LogP contribution >= 0.6 is 0 Å². The Kier molecular flexibility index (Phi) is 4.60. The van der Waals surface area contributed by atoms with Crippen LogP contribution < -0.4 is 5.32 Å². The minimum Gasteiger partial charge on any atom is -0.444 e. The van der Waals surface area contributed by atoms with Crippen molar-refractivity contribution in [3.63, 3.8) is 0 Å². The molecule has 17 heavy (non-hydrogen) atoms. The third kappa shape index (κ3) is 3.32. The summed E-state index contributed by atoms with van der Waals surface area (Å²) < 4.78 is 5.62. The van der Waals surface area contributed by atoms with E-state index in [9.17, 15) is 0 Å². The molecule has 1 aliphatic carbocycles. The lowest BCUT2D eigenvalue weighted by Gasteiger charge is -2.31. The van der Waals surface area contributed by atoms with Crippen molar-refractivity contribution in [1.82, 2.24) is 10.3 Å². The van der Waals surface area contributed by atoms with Crippen LogP contribution in [0.3, 0.4) is 0 Å². The van der Waals surface area contributed by atoms with E-state index in [1.54, 1.807) is 0 Å². The highest BCUT2D eigenvalue weighted by Crippen LogP contribution is 2.26. The zero-order valence-corrected chi connectivity index (χ0v) is 11.0. The predicted molar refractivity (Wildman–Crippen MR) is 68.8 cm³/mol. The summed E-state index contributed by atoms with van der Waals surface area (Å²) in [6.45, 7) is 5.16. The van der Waals surface area contributed by atoms with E-state index in [4.69, 9.17) is 4.42 Å². The summed E-state index contributed by atoms with van der Waals surface area (Å²) in [6, 6.07) is 0.658. The molecule has 0 aromatic carbocycles. The van der Waals surface area contributed by atoms with Gasteiger partial charge in [0, 0.05) is 12.5 Å².